The highest BCUT2D eigenvalue weighted by Gasteiger charge is 1.97. The zero-order chi connectivity index (χ0) is 17.3. The molecule has 0 fully saturated rings. The quantitative estimate of drug-likeness (QED) is 0.361. The first kappa shape index (κ1) is 21.2. The molecule has 1 N–H and O–H groups in total. The first-order valence-corrected chi connectivity index (χ1v) is 10.1. The molecule has 1 atom stereocenters. The van der Waals surface area contributed by atoms with Crippen molar-refractivity contribution in [1.29, 1.82) is 0 Å². The van der Waals surface area contributed by atoms with Gasteiger partial charge in [-0.15, -0.1) is 0 Å². The van der Waals surface area contributed by atoms with Crippen LogP contribution in [0.1, 0.15) is 89.5 Å². The van der Waals surface area contributed by atoms with Gasteiger partial charge in [0.15, 0.2) is 0 Å². The zero-order valence-electron chi connectivity index (χ0n) is 15.7. The minimum absolute atomic E-state index is 0.117. The summed E-state index contributed by atoms with van der Waals surface area (Å²) in [6.07, 6.45) is 15.4. The van der Waals surface area contributed by atoms with E-state index in [1.54, 1.807) is 0 Å². The van der Waals surface area contributed by atoms with E-state index in [1.807, 2.05) is 13.0 Å². The Balaban J connectivity index is 1.72. The van der Waals surface area contributed by atoms with Crippen molar-refractivity contribution < 1.29 is 9.84 Å². The molecule has 0 aliphatic carbocycles. The van der Waals surface area contributed by atoms with Crippen LogP contribution in [0.5, 0.6) is 0 Å². The summed E-state index contributed by atoms with van der Waals surface area (Å²) in [4.78, 5) is 0. The van der Waals surface area contributed by atoms with Gasteiger partial charge < -0.3 is 9.84 Å². The topological polar surface area (TPSA) is 29.5 Å². The van der Waals surface area contributed by atoms with Gasteiger partial charge in [0, 0.05) is 6.61 Å². The summed E-state index contributed by atoms with van der Waals surface area (Å²) in [5.74, 6) is 0. The molecule has 0 aromatic heterocycles. The highest BCUT2D eigenvalue weighted by atomic mass is 16.5. The normalized spacial score (nSPS) is 12.4. The Bertz CT molecular complexity index is 361. The molecule has 2 nitrogen and oxygen atoms in total. The molecule has 0 bridgehead atoms. The van der Waals surface area contributed by atoms with Crippen LogP contribution in [0.2, 0.25) is 0 Å². The van der Waals surface area contributed by atoms with Gasteiger partial charge in [0.2, 0.25) is 0 Å². The molecule has 0 saturated heterocycles. The highest BCUT2D eigenvalue weighted by Crippen LogP contribution is 2.12. The van der Waals surface area contributed by atoms with E-state index < -0.39 is 0 Å². The predicted molar refractivity (Wildman–Crippen MR) is 103 cm³/mol. The number of aliphatic hydroxyl groups is 1. The van der Waals surface area contributed by atoms with Crippen molar-refractivity contribution in [3.63, 3.8) is 0 Å². The lowest BCUT2D eigenvalue weighted by atomic mass is 10.0. The van der Waals surface area contributed by atoms with E-state index in [0.29, 0.717) is 0 Å². The second-order valence-electron chi connectivity index (χ2n) is 7.06. The molecule has 0 spiro atoms. The van der Waals surface area contributed by atoms with Crippen molar-refractivity contribution in [3.8, 4) is 0 Å². The van der Waals surface area contributed by atoms with E-state index in [9.17, 15) is 5.11 Å². The van der Waals surface area contributed by atoms with Gasteiger partial charge in [-0.2, -0.15) is 0 Å². The summed E-state index contributed by atoms with van der Waals surface area (Å²) >= 11 is 0. The van der Waals surface area contributed by atoms with E-state index in [-0.39, 0.29) is 6.10 Å². The summed E-state index contributed by atoms with van der Waals surface area (Å²) in [6, 6.07) is 10.4. The van der Waals surface area contributed by atoms with Gasteiger partial charge in [-0.05, 0) is 25.3 Å². The van der Waals surface area contributed by atoms with Gasteiger partial charge in [-0.25, -0.2) is 0 Å². The maximum absolute atomic E-state index is 9.19. The van der Waals surface area contributed by atoms with Crippen LogP contribution in [0.25, 0.3) is 0 Å². The van der Waals surface area contributed by atoms with Crippen LogP contribution in [0.3, 0.4) is 0 Å². The molecule has 1 rings (SSSR count). The number of aliphatic hydroxyl groups excluding tert-OH is 1. The van der Waals surface area contributed by atoms with E-state index in [2.05, 4.69) is 24.3 Å². The minimum atomic E-state index is -0.117. The minimum Gasteiger partial charge on any atom is -0.393 e. The fourth-order valence-electron chi connectivity index (χ4n) is 3.00. The Kier molecular flexibility index (Phi) is 13.8. The van der Waals surface area contributed by atoms with Crippen molar-refractivity contribution in [3.05, 3.63) is 35.9 Å². The second-order valence-corrected chi connectivity index (χ2v) is 7.06. The Morgan fingerprint density at radius 2 is 1.25 bits per heavy atom. The van der Waals surface area contributed by atoms with Crippen LogP contribution in [-0.2, 0) is 11.3 Å². The van der Waals surface area contributed by atoms with Crippen LogP contribution < -0.4 is 0 Å². The van der Waals surface area contributed by atoms with Crippen molar-refractivity contribution in [2.45, 2.75) is 96.7 Å². The maximum atomic E-state index is 9.19. The third kappa shape index (κ3) is 13.6. The summed E-state index contributed by atoms with van der Waals surface area (Å²) < 4.78 is 5.71. The molecule has 0 aliphatic heterocycles. The number of rotatable bonds is 16. The summed E-state index contributed by atoms with van der Waals surface area (Å²) in [5, 5.41) is 9.19. The van der Waals surface area contributed by atoms with Gasteiger partial charge in [0.05, 0.1) is 12.7 Å². The standard InChI is InChI=1S/C22H38O2/c1-21(23)16-12-9-7-5-3-2-4-6-8-10-15-19-24-20-22-17-13-11-14-18-22/h11,13-14,17-18,21,23H,2-10,12,15-16,19-20H2,1H3. The number of hydrogen-bond donors (Lipinski definition) is 1. The smallest absolute Gasteiger partial charge is 0.0716 e. The first-order chi connectivity index (χ1) is 11.8. The summed E-state index contributed by atoms with van der Waals surface area (Å²) in [6.45, 7) is 3.52. The lowest BCUT2D eigenvalue weighted by Crippen LogP contribution is -1.98. The van der Waals surface area contributed by atoms with Crippen LogP contribution in [0.4, 0.5) is 0 Å². The molecule has 24 heavy (non-hydrogen) atoms. The molecule has 0 heterocycles. The van der Waals surface area contributed by atoms with Crippen molar-refractivity contribution in [2.75, 3.05) is 6.61 Å². The zero-order valence-corrected chi connectivity index (χ0v) is 15.7. The Labute approximate surface area is 149 Å². The van der Waals surface area contributed by atoms with Crippen LogP contribution in [0, 0.1) is 0 Å². The van der Waals surface area contributed by atoms with E-state index in [4.69, 9.17) is 4.74 Å². The largest absolute Gasteiger partial charge is 0.393 e. The number of benzene rings is 1. The molecule has 1 aromatic rings. The Hall–Kier alpha value is -0.860. The fraction of sp³-hybridized carbons (Fsp3) is 0.727. The van der Waals surface area contributed by atoms with Crippen molar-refractivity contribution >= 4 is 0 Å². The van der Waals surface area contributed by atoms with Crippen LogP contribution in [0.15, 0.2) is 30.3 Å². The van der Waals surface area contributed by atoms with Crippen LogP contribution >= 0.6 is 0 Å². The van der Waals surface area contributed by atoms with E-state index in [1.165, 1.54) is 76.2 Å². The predicted octanol–water partition coefficient (Wildman–Crippen LogP) is 6.27. The molecule has 0 amide bonds. The van der Waals surface area contributed by atoms with E-state index in [0.717, 1.165) is 19.6 Å². The molecule has 1 unspecified atom stereocenters. The van der Waals surface area contributed by atoms with Gasteiger partial charge in [-0.1, -0.05) is 94.5 Å². The SMILES string of the molecule is CC(O)CCCCCCCCCCCCCOCc1ccccc1. The van der Waals surface area contributed by atoms with Gasteiger partial charge in [0.1, 0.15) is 0 Å². The summed E-state index contributed by atoms with van der Waals surface area (Å²) in [5.41, 5.74) is 1.27. The second kappa shape index (κ2) is 15.7. The number of unbranched alkanes of at least 4 members (excludes halogenated alkanes) is 10. The van der Waals surface area contributed by atoms with Gasteiger partial charge >= 0.3 is 0 Å². The average Bonchev–Trinajstić information content (AvgIpc) is 2.59. The molecule has 0 saturated carbocycles. The van der Waals surface area contributed by atoms with Gasteiger partial charge in [0.25, 0.3) is 0 Å². The molecule has 1 aromatic carbocycles. The Morgan fingerprint density at radius 3 is 1.79 bits per heavy atom. The van der Waals surface area contributed by atoms with E-state index >= 15 is 0 Å². The molecule has 2 heteroatoms. The summed E-state index contributed by atoms with van der Waals surface area (Å²) in [7, 11) is 0. The number of ether oxygens (including phenoxy) is 1. The monoisotopic (exact) mass is 334 g/mol. The Morgan fingerprint density at radius 1 is 0.750 bits per heavy atom. The third-order valence-corrected chi connectivity index (χ3v) is 4.52. The average molecular weight is 335 g/mol. The fourth-order valence-corrected chi connectivity index (χ4v) is 3.00. The van der Waals surface area contributed by atoms with Crippen molar-refractivity contribution in [1.82, 2.24) is 0 Å². The van der Waals surface area contributed by atoms with Crippen molar-refractivity contribution in [2.24, 2.45) is 0 Å². The molecular weight excluding hydrogens is 296 g/mol. The first-order valence-electron chi connectivity index (χ1n) is 10.1. The van der Waals surface area contributed by atoms with Crippen LogP contribution in [-0.4, -0.2) is 17.8 Å². The maximum Gasteiger partial charge on any atom is 0.0716 e. The van der Waals surface area contributed by atoms with Gasteiger partial charge in [-0.3, -0.25) is 0 Å². The molecule has 0 radical (unpaired) electrons. The third-order valence-electron chi connectivity index (χ3n) is 4.52. The number of hydrogen-bond acceptors (Lipinski definition) is 2. The molecule has 0 aliphatic rings. The molecule has 138 valence electrons. The molecular formula is C22H38O2. The lowest BCUT2D eigenvalue weighted by molar-refractivity contribution is 0.116. The highest BCUT2D eigenvalue weighted by molar-refractivity contribution is 5.13. The lowest BCUT2D eigenvalue weighted by Gasteiger charge is -2.05.